The normalized spacial score (nSPS) is 15.4. The maximum absolute atomic E-state index is 14.5. The predicted octanol–water partition coefficient (Wildman–Crippen LogP) is 6.14. The molecule has 5 rings (SSSR count). The molecule has 4 aromatic rings. The van der Waals surface area contributed by atoms with Crippen molar-refractivity contribution in [1.82, 2.24) is 15.0 Å². The molecular formula is C29H31F2N5O3S. The molecular weight excluding hydrogens is 536 g/mol. The standard InChI is InChI=1S/C29H31F2N5O3S/c1-17-22-12-18(14-25(27(22)35-29(32-2)34-17)39-21-8-6-5-7-9-21)19-13-24(28(38-3)33-16-19)36-40(4,37)26-11-10-20(30)15-23(26)31/h10-16,21H,4-9H2,1-3H3,(H,36,37)(H,32,34,35). The number of nitrogens with one attached hydrogen (secondary N) is 2. The Bertz CT molecular complexity index is 1670. The van der Waals surface area contributed by atoms with E-state index in [2.05, 4.69) is 25.9 Å². The van der Waals surface area contributed by atoms with Crippen molar-refractivity contribution in [3.8, 4) is 22.8 Å². The largest absolute Gasteiger partial charge is 0.488 e. The maximum Gasteiger partial charge on any atom is 0.238 e. The summed E-state index contributed by atoms with van der Waals surface area (Å²) >= 11 is 0. The quantitative estimate of drug-likeness (QED) is 0.247. The molecule has 0 saturated heterocycles. The summed E-state index contributed by atoms with van der Waals surface area (Å²) in [6, 6.07) is 8.37. The molecule has 1 aliphatic rings. The molecule has 2 aromatic carbocycles. The number of aromatic nitrogens is 3. The molecule has 210 valence electrons. The molecule has 0 spiro atoms. The fraction of sp³-hybridized carbons (Fsp3) is 0.310. The van der Waals surface area contributed by atoms with Gasteiger partial charge in [-0.1, -0.05) is 6.42 Å². The number of benzene rings is 2. The molecule has 0 bridgehead atoms. The number of pyridine rings is 1. The van der Waals surface area contributed by atoms with E-state index in [0.29, 0.717) is 28.8 Å². The summed E-state index contributed by atoms with van der Waals surface area (Å²) in [5, 5.41) is 3.83. The van der Waals surface area contributed by atoms with Crippen LogP contribution in [0, 0.1) is 18.6 Å². The Morgan fingerprint density at radius 3 is 2.52 bits per heavy atom. The Hall–Kier alpha value is -3.99. The molecule has 2 N–H and O–H groups in total. The lowest BCUT2D eigenvalue weighted by atomic mass is 9.97. The molecule has 1 atom stereocenters. The molecule has 1 saturated carbocycles. The summed E-state index contributed by atoms with van der Waals surface area (Å²) in [4.78, 5) is 13.4. The van der Waals surface area contributed by atoms with Crippen molar-refractivity contribution in [1.29, 1.82) is 0 Å². The summed E-state index contributed by atoms with van der Waals surface area (Å²) in [5.74, 6) is 3.22. The molecule has 0 amide bonds. The Morgan fingerprint density at radius 1 is 1.05 bits per heavy atom. The molecule has 0 aliphatic heterocycles. The number of ether oxygens (including phenoxy) is 2. The van der Waals surface area contributed by atoms with Crippen LogP contribution in [-0.2, 0) is 9.71 Å². The molecule has 8 nitrogen and oxygen atoms in total. The van der Waals surface area contributed by atoms with Gasteiger partial charge in [0.2, 0.25) is 11.8 Å². The first-order valence-electron chi connectivity index (χ1n) is 13.0. The summed E-state index contributed by atoms with van der Waals surface area (Å²) in [7, 11) is -0.242. The lowest BCUT2D eigenvalue weighted by Crippen LogP contribution is -2.20. The first kappa shape index (κ1) is 27.6. The summed E-state index contributed by atoms with van der Waals surface area (Å²) in [6.45, 7) is 1.91. The molecule has 40 heavy (non-hydrogen) atoms. The molecule has 11 heteroatoms. The zero-order valence-electron chi connectivity index (χ0n) is 22.6. The van der Waals surface area contributed by atoms with E-state index in [9.17, 15) is 13.0 Å². The Labute approximate surface area is 232 Å². The van der Waals surface area contributed by atoms with Crippen molar-refractivity contribution in [2.75, 3.05) is 24.2 Å². The second-order valence-electron chi connectivity index (χ2n) is 9.76. The number of nitrogens with zero attached hydrogens (tertiary/aromatic N) is 3. The third kappa shape index (κ3) is 5.65. The number of methoxy groups -OCH3 is 1. The minimum atomic E-state index is -3.43. The summed E-state index contributed by atoms with van der Waals surface area (Å²) in [6.07, 6.45) is 7.11. The van der Waals surface area contributed by atoms with E-state index in [1.165, 1.54) is 13.5 Å². The van der Waals surface area contributed by atoms with Gasteiger partial charge in [-0.2, -0.15) is 0 Å². The fourth-order valence-corrected chi connectivity index (χ4v) is 6.17. The topological polar surface area (TPSA) is 98.3 Å². The third-order valence-electron chi connectivity index (χ3n) is 6.93. The molecule has 1 aliphatic carbocycles. The SMILES string of the molecule is C=S(=O)(Nc1cc(-c2cc(OC3CCCCC3)c3nc(NC)nc(C)c3c2)cnc1OC)c1ccc(F)cc1F. The average molecular weight is 568 g/mol. The van der Waals surface area contributed by atoms with Crippen LogP contribution in [0.3, 0.4) is 0 Å². The van der Waals surface area contributed by atoms with E-state index < -0.39 is 21.3 Å². The zero-order valence-corrected chi connectivity index (χ0v) is 23.4. The lowest BCUT2D eigenvalue weighted by molar-refractivity contribution is 0.157. The lowest BCUT2D eigenvalue weighted by Gasteiger charge is -2.24. The average Bonchev–Trinajstić information content (AvgIpc) is 2.93. The third-order valence-corrected chi connectivity index (χ3v) is 8.52. The van der Waals surface area contributed by atoms with Crippen LogP contribution in [0.2, 0.25) is 0 Å². The smallest absolute Gasteiger partial charge is 0.238 e. The molecule has 2 heterocycles. The number of fused-ring (bicyclic) bond motifs is 1. The van der Waals surface area contributed by atoms with Crippen molar-refractivity contribution >= 4 is 38.1 Å². The second kappa shape index (κ2) is 11.2. The van der Waals surface area contributed by atoms with Crippen molar-refractivity contribution in [3.63, 3.8) is 0 Å². The van der Waals surface area contributed by atoms with Crippen LogP contribution in [0.15, 0.2) is 47.5 Å². The Morgan fingerprint density at radius 2 is 1.82 bits per heavy atom. The van der Waals surface area contributed by atoms with Gasteiger partial charge >= 0.3 is 0 Å². The minimum Gasteiger partial charge on any atom is -0.488 e. The van der Waals surface area contributed by atoms with Crippen LogP contribution < -0.4 is 19.5 Å². The number of rotatable bonds is 8. The van der Waals surface area contributed by atoms with E-state index >= 15 is 0 Å². The van der Waals surface area contributed by atoms with Crippen LogP contribution in [0.25, 0.3) is 22.0 Å². The van der Waals surface area contributed by atoms with E-state index in [1.54, 1.807) is 19.3 Å². The first-order valence-corrected chi connectivity index (χ1v) is 14.7. The summed E-state index contributed by atoms with van der Waals surface area (Å²) < 4.78 is 56.0. The molecule has 1 unspecified atom stereocenters. The maximum atomic E-state index is 14.5. The van der Waals surface area contributed by atoms with E-state index in [4.69, 9.17) is 14.5 Å². The number of aryl methyl sites for hydroxylation is 1. The van der Waals surface area contributed by atoms with Crippen molar-refractivity contribution < 1.29 is 22.5 Å². The highest BCUT2D eigenvalue weighted by atomic mass is 32.2. The first-order chi connectivity index (χ1) is 19.2. The van der Waals surface area contributed by atoms with Crippen molar-refractivity contribution in [2.45, 2.75) is 50.0 Å². The van der Waals surface area contributed by atoms with Crippen LogP contribution in [0.1, 0.15) is 37.8 Å². The van der Waals surface area contributed by atoms with Crippen LogP contribution in [0.5, 0.6) is 11.6 Å². The van der Waals surface area contributed by atoms with Gasteiger partial charge in [-0.15, -0.1) is 0 Å². The predicted molar refractivity (Wildman–Crippen MR) is 155 cm³/mol. The molecule has 1 fully saturated rings. The van der Waals surface area contributed by atoms with Crippen LogP contribution in [0.4, 0.5) is 20.4 Å². The van der Waals surface area contributed by atoms with Crippen molar-refractivity contribution in [3.05, 3.63) is 59.9 Å². The Kier molecular flexibility index (Phi) is 7.75. The molecule has 0 radical (unpaired) electrons. The monoisotopic (exact) mass is 567 g/mol. The number of hydrogen-bond acceptors (Lipinski definition) is 7. The van der Waals surface area contributed by atoms with Gasteiger partial charge in [0.05, 0.1) is 33.5 Å². The van der Waals surface area contributed by atoms with Gasteiger partial charge in [-0.05, 0) is 74.4 Å². The van der Waals surface area contributed by atoms with Crippen LogP contribution in [-0.4, -0.2) is 45.3 Å². The van der Waals surface area contributed by atoms with Gasteiger partial charge in [0, 0.05) is 30.3 Å². The molecule has 2 aromatic heterocycles. The second-order valence-corrected chi connectivity index (χ2v) is 11.8. The van der Waals surface area contributed by atoms with Gasteiger partial charge in [0.25, 0.3) is 0 Å². The van der Waals surface area contributed by atoms with E-state index in [1.807, 2.05) is 19.1 Å². The Balaban J connectivity index is 1.59. The van der Waals surface area contributed by atoms with Gasteiger partial charge in [-0.25, -0.2) is 27.9 Å². The highest BCUT2D eigenvalue weighted by molar-refractivity contribution is 8.01. The van der Waals surface area contributed by atoms with Crippen molar-refractivity contribution in [2.24, 2.45) is 0 Å². The summed E-state index contributed by atoms with van der Waals surface area (Å²) in [5.41, 5.74) is 3.14. The van der Waals surface area contributed by atoms with E-state index in [-0.39, 0.29) is 22.6 Å². The number of anilines is 2. The highest BCUT2D eigenvalue weighted by Gasteiger charge is 2.21. The minimum absolute atomic E-state index is 0.0909. The van der Waals surface area contributed by atoms with Gasteiger partial charge in [0.1, 0.15) is 28.6 Å². The van der Waals surface area contributed by atoms with E-state index in [0.717, 1.165) is 54.5 Å². The van der Waals surface area contributed by atoms with Gasteiger partial charge < -0.3 is 19.5 Å². The number of hydrogen-bond donors (Lipinski definition) is 2. The number of halogens is 2. The van der Waals surface area contributed by atoms with Gasteiger partial charge in [0.15, 0.2) is 0 Å². The van der Waals surface area contributed by atoms with Gasteiger partial charge in [-0.3, -0.25) is 0 Å². The highest BCUT2D eigenvalue weighted by Crippen LogP contribution is 2.37. The fourth-order valence-electron chi connectivity index (χ4n) is 4.90. The van der Waals surface area contributed by atoms with Crippen LogP contribution >= 0.6 is 0 Å². The zero-order chi connectivity index (χ0) is 28.4.